The van der Waals surface area contributed by atoms with Crippen molar-refractivity contribution in [3.05, 3.63) is 12.3 Å². The molecule has 0 saturated carbocycles. The molecule has 11 heteroatoms. The fourth-order valence-corrected chi connectivity index (χ4v) is 0.549. The van der Waals surface area contributed by atoms with E-state index in [9.17, 15) is 19.2 Å². The maximum Gasteiger partial charge on any atom is 0.354 e. The second-order valence-electron chi connectivity index (χ2n) is 1.97. The van der Waals surface area contributed by atoms with Crippen LogP contribution in [0.15, 0.2) is 0 Å². The van der Waals surface area contributed by atoms with Gasteiger partial charge in [-0.05, 0) is 0 Å². The average Bonchev–Trinajstić information content (AvgIpc) is 1.82. The van der Waals surface area contributed by atoms with Crippen molar-refractivity contribution >= 4 is 23.9 Å². The molecular formula is C5H8N2O8Y-2. The minimum Gasteiger partial charge on any atom is -0.693 e. The molecule has 0 bridgehead atoms. The van der Waals surface area contributed by atoms with Crippen molar-refractivity contribution in [2.45, 2.75) is 0 Å². The molecule has 0 fully saturated rings. The fourth-order valence-electron chi connectivity index (χ4n) is 0.549. The Hall–Kier alpha value is -1.10. The van der Waals surface area contributed by atoms with Crippen LogP contribution in [0, 0.1) is 5.41 Å². The fraction of sp³-hybridized carbons (Fsp3) is 0.200. The van der Waals surface area contributed by atoms with Crippen LogP contribution in [0.4, 0.5) is 0 Å². The van der Waals surface area contributed by atoms with Crippen molar-refractivity contribution in [1.82, 2.24) is 0 Å². The molecule has 0 aliphatic heterocycles. The Morgan fingerprint density at radius 1 is 0.625 bits per heavy atom. The third kappa shape index (κ3) is 3.49. The van der Waals surface area contributed by atoms with Gasteiger partial charge < -0.3 is 32.7 Å². The third-order valence-electron chi connectivity index (χ3n) is 1.28. The van der Waals surface area contributed by atoms with Gasteiger partial charge in [-0.1, -0.05) is 0 Å². The molecule has 0 aromatic heterocycles. The summed E-state index contributed by atoms with van der Waals surface area (Å²) >= 11 is 0. The second-order valence-corrected chi connectivity index (χ2v) is 1.97. The SMILES string of the molecule is O=C(O)C(C(=O)O)(C(=O)O)C(=O)O.[NH2-].[NH2-].[Y]. The van der Waals surface area contributed by atoms with Gasteiger partial charge >= 0.3 is 29.3 Å². The van der Waals surface area contributed by atoms with Crippen molar-refractivity contribution < 1.29 is 72.3 Å². The van der Waals surface area contributed by atoms with Crippen molar-refractivity contribution in [3.63, 3.8) is 0 Å². The zero-order valence-electron chi connectivity index (χ0n) is 7.65. The van der Waals surface area contributed by atoms with E-state index in [1.807, 2.05) is 0 Å². The smallest absolute Gasteiger partial charge is 0.354 e. The number of rotatable bonds is 4. The molecule has 16 heavy (non-hydrogen) atoms. The van der Waals surface area contributed by atoms with Gasteiger partial charge in [-0.2, -0.15) is 0 Å². The summed E-state index contributed by atoms with van der Waals surface area (Å²) in [6.45, 7) is 0. The maximum atomic E-state index is 10.2. The Bertz CT molecular complexity index is 241. The van der Waals surface area contributed by atoms with Gasteiger partial charge in [-0.3, -0.25) is 0 Å². The molecule has 0 heterocycles. The zero-order valence-corrected chi connectivity index (χ0v) is 10.5. The minimum absolute atomic E-state index is 0. The van der Waals surface area contributed by atoms with Gasteiger partial charge in [0.15, 0.2) is 0 Å². The molecule has 91 valence electrons. The van der Waals surface area contributed by atoms with Crippen LogP contribution in [0.5, 0.6) is 0 Å². The van der Waals surface area contributed by atoms with Gasteiger partial charge in [0.1, 0.15) is 0 Å². The van der Waals surface area contributed by atoms with Crippen LogP contribution >= 0.6 is 0 Å². The monoisotopic (exact) mass is 313 g/mol. The van der Waals surface area contributed by atoms with E-state index in [1.165, 1.54) is 0 Å². The second kappa shape index (κ2) is 8.10. The minimum atomic E-state index is -3.83. The molecule has 0 atom stereocenters. The van der Waals surface area contributed by atoms with Crippen molar-refractivity contribution in [3.8, 4) is 0 Å². The summed E-state index contributed by atoms with van der Waals surface area (Å²) in [6, 6.07) is 0. The summed E-state index contributed by atoms with van der Waals surface area (Å²) in [5, 5.41) is 32.8. The summed E-state index contributed by atoms with van der Waals surface area (Å²) in [6.07, 6.45) is 0. The van der Waals surface area contributed by atoms with Crippen LogP contribution in [-0.4, -0.2) is 44.3 Å². The molecular weight excluding hydrogens is 305 g/mol. The number of hydrogen-bond acceptors (Lipinski definition) is 4. The molecule has 8 N–H and O–H groups in total. The molecule has 0 aromatic carbocycles. The first-order valence-electron chi connectivity index (χ1n) is 2.71. The number of carboxylic acids is 4. The quantitative estimate of drug-likeness (QED) is 0.505. The van der Waals surface area contributed by atoms with Crippen molar-refractivity contribution in [2.75, 3.05) is 0 Å². The first-order chi connectivity index (χ1) is 5.77. The van der Waals surface area contributed by atoms with E-state index >= 15 is 0 Å². The summed E-state index contributed by atoms with van der Waals surface area (Å²) in [4.78, 5) is 40.8. The van der Waals surface area contributed by atoms with E-state index in [0.717, 1.165) is 0 Å². The van der Waals surface area contributed by atoms with Gasteiger partial charge in [0.2, 0.25) is 0 Å². The number of carboxylic acid groups (broad SMARTS) is 4. The molecule has 1 radical (unpaired) electrons. The van der Waals surface area contributed by atoms with Crippen LogP contribution in [0.2, 0.25) is 0 Å². The summed E-state index contributed by atoms with van der Waals surface area (Å²) in [5.41, 5.74) is -3.83. The molecule has 0 unspecified atom stereocenters. The Balaban J connectivity index is -0.000000240. The Morgan fingerprint density at radius 2 is 0.750 bits per heavy atom. The largest absolute Gasteiger partial charge is 0.693 e. The Kier molecular flexibility index (Phi) is 12.3. The topological polar surface area (TPSA) is 216 Å². The van der Waals surface area contributed by atoms with Crippen LogP contribution in [0.3, 0.4) is 0 Å². The van der Waals surface area contributed by atoms with E-state index < -0.39 is 29.3 Å². The van der Waals surface area contributed by atoms with E-state index in [-0.39, 0.29) is 45.0 Å². The van der Waals surface area contributed by atoms with Gasteiger partial charge in [0, 0.05) is 32.7 Å². The molecule has 0 rings (SSSR count). The predicted octanol–water partition coefficient (Wildman–Crippen LogP) is -0.257. The summed E-state index contributed by atoms with van der Waals surface area (Å²) < 4.78 is 0. The Morgan fingerprint density at radius 3 is 0.750 bits per heavy atom. The first kappa shape index (κ1) is 24.2. The number of carbonyl (C=O) groups is 4. The maximum absolute atomic E-state index is 10.2. The van der Waals surface area contributed by atoms with Gasteiger partial charge in [-0.25, -0.2) is 19.2 Å². The normalized spacial score (nSPS) is 8.50. The van der Waals surface area contributed by atoms with Crippen LogP contribution < -0.4 is 0 Å². The number of hydrogen-bond donors (Lipinski definition) is 4. The van der Waals surface area contributed by atoms with Crippen LogP contribution in [0.25, 0.3) is 12.3 Å². The van der Waals surface area contributed by atoms with Crippen molar-refractivity contribution in [2.24, 2.45) is 5.41 Å². The molecule has 10 nitrogen and oxygen atoms in total. The molecule has 0 aliphatic carbocycles. The molecule has 0 saturated heterocycles. The average molecular weight is 313 g/mol. The van der Waals surface area contributed by atoms with Gasteiger partial charge in [-0.15, -0.1) is 0 Å². The summed E-state index contributed by atoms with van der Waals surface area (Å²) in [5.74, 6) is -9.83. The first-order valence-corrected chi connectivity index (χ1v) is 2.71. The predicted molar refractivity (Wildman–Crippen MR) is 43.5 cm³/mol. The summed E-state index contributed by atoms with van der Waals surface area (Å²) in [7, 11) is 0. The molecule has 0 spiro atoms. The van der Waals surface area contributed by atoms with Gasteiger partial charge in [0.25, 0.3) is 0 Å². The zero-order chi connectivity index (χ0) is 10.8. The van der Waals surface area contributed by atoms with Crippen molar-refractivity contribution in [1.29, 1.82) is 0 Å². The number of nitrogens with two attached hydrogens (primary N) is 2. The standard InChI is InChI=1S/C5H4O8.2H2N.Y/c6-1(7)5(2(8)9,3(10)11)4(12)13;;;/h(H,6,7)(H,8,9)(H,10,11)(H,12,13);2*1H2;/q;2*-1;. The molecule has 0 aliphatic rings. The number of aliphatic carboxylic acids is 4. The van der Waals surface area contributed by atoms with Crippen LogP contribution in [-0.2, 0) is 51.9 Å². The van der Waals surface area contributed by atoms with Gasteiger partial charge in [0.05, 0.1) is 0 Å². The Labute approximate surface area is 114 Å². The van der Waals surface area contributed by atoms with E-state index in [2.05, 4.69) is 0 Å². The van der Waals surface area contributed by atoms with E-state index in [4.69, 9.17) is 20.4 Å². The van der Waals surface area contributed by atoms with Crippen LogP contribution in [0.1, 0.15) is 0 Å². The molecule has 0 aromatic rings. The molecule has 0 amide bonds. The third-order valence-corrected chi connectivity index (χ3v) is 1.28. The van der Waals surface area contributed by atoms with E-state index in [1.54, 1.807) is 0 Å². The van der Waals surface area contributed by atoms with E-state index in [0.29, 0.717) is 0 Å².